The van der Waals surface area contributed by atoms with E-state index in [0.717, 1.165) is 47.2 Å². The number of hydrogen-bond donors (Lipinski definition) is 0. The fraction of sp³-hybridized carbons (Fsp3) is 0.200. The lowest BCUT2D eigenvalue weighted by atomic mass is 9.77. The summed E-state index contributed by atoms with van der Waals surface area (Å²) in [5, 5.41) is 17.6. The molecule has 1 amide bonds. The maximum absolute atomic E-state index is 14.1. The number of halogens is 3. The van der Waals surface area contributed by atoms with Gasteiger partial charge < -0.3 is 4.42 Å². The molecule has 46 heavy (non-hydrogen) atoms. The Morgan fingerprint density at radius 3 is 2.41 bits per heavy atom. The Bertz CT molecular complexity index is 1920. The van der Waals surface area contributed by atoms with Crippen LogP contribution in [0.15, 0.2) is 116 Å². The molecule has 2 aromatic heterocycles. The van der Waals surface area contributed by atoms with Crippen molar-refractivity contribution in [2.75, 3.05) is 5.75 Å². The van der Waals surface area contributed by atoms with E-state index in [-0.39, 0.29) is 23.6 Å². The van der Waals surface area contributed by atoms with Gasteiger partial charge in [-0.05, 0) is 99.9 Å². The van der Waals surface area contributed by atoms with Gasteiger partial charge in [0.15, 0.2) is 15.6 Å². The van der Waals surface area contributed by atoms with Crippen molar-refractivity contribution in [3.63, 3.8) is 0 Å². The molecule has 0 bridgehead atoms. The largest absolute Gasteiger partial charge is 0.446 e. The van der Waals surface area contributed by atoms with Gasteiger partial charge in [-0.2, -0.15) is 5.10 Å². The van der Waals surface area contributed by atoms with Crippen LogP contribution in [0.1, 0.15) is 42.0 Å². The number of hydrogen-bond acceptors (Lipinski definition) is 6. The smallest absolute Gasteiger partial charge is 0.253 e. The second kappa shape index (κ2) is 13.6. The Kier molecular flexibility index (Phi) is 9.17. The minimum absolute atomic E-state index is 0.0770. The van der Waals surface area contributed by atoms with Crippen LogP contribution >= 0.6 is 50.9 Å². The van der Waals surface area contributed by atoms with Gasteiger partial charge in [-0.3, -0.25) is 9.36 Å². The number of allylic oxidation sites excluding steroid dienone is 1. The molecule has 0 N–H and O–H groups in total. The summed E-state index contributed by atoms with van der Waals surface area (Å²) < 4.78 is 8.41. The summed E-state index contributed by atoms with van der Waals surface area (Å²) in [4.78, 5) is 14.1. The molecule has 3 heterocycles. The molecule has 232 valence electrons. The molecule has 1 aliphatic heterocycles. The molecule has 1 saturated carbocycles. The third-order valence-corrected chi connectivity index (χ3v) is 10.1. The van der Waals surface area contributed by atoms with Gasteiger partial charge in [-0.1, -0.05) is 89.6 Å². The second-order valence-electron chi connectivity index (χ2n) is 11.2. The number of amides is 1. The number of nitrogens with zero attached hydrogens (tertiary/aromatic N) is 5. The van der Waals surface area contributed by atoms with Crippen molar-refractivity contribution in [1.82, 2.24) is 19.8 Å². The topological polar surface area (TPSA) is 76.5 Å². The minimum atomic E-state index is -0.229. The molecule has 1 aliphatic carbocycles. The summed E-state index contributed by atoms with van der Waals surface area (Å²) in [5.74, 6) is 1.29. The molecule has 0 spiro atoms. The number of carbonyl (C=O) groups is 1. The van der Waals surface area contributed by atoms with Crippen LogP contribution in [0.5, 0.6) is 0 Å². The zero-order valence-electron chi connectivity index (χ0n) is 24.5. The van der Waals surface area contributed by atoms with E-state index in [1.54, 1.807) is 5.01 Å². The Labute approximate surface area is 289 Å². The summed E-state index contributed by atoms with van der Waals surface area (Å²) in [6, 6.07) is 29.1. The van der Waals surface area contributed by atoms with Crippen LogP contribution in [0.25, 0.3) is 17.7 Å². The highest BCUT2D eigenvalue weighted by Gasteiger charge is 2.43. The summed E-state index contributed by atoms with van der Waals surface area (Å²) in [6.45, 7) is 0.526. The van der Waals surface area contributed by atoms with Crippen molar-refractivity contribution in [1.29, 1.82) is 0 Å². The molecule has 0 saturated heterocycles. The summed E-state index contributed by atoms with van der Waals surface area (Å²) in [6.07, 6.45) is 5.02. The van der Waals surface area contributed by atoms with Crippen LogP contribution in [0.4, 0.5) is 0 Å². The molecule has 1 fully saturated rings. The van der Waals surface area contributed by atoms with Crippen molar-refractivity contribution in [3.05, 3.63) is 128 Å². The molecular weight excluding hydrogens is 705 g/mol. The predicted octanol–water partition coefficient (Wildman–Crippen LogP) is 9.57. The number of rotatable bonds is 8. The van der Waals surface area contributed by atoms with Crippen molar-refractivity contribution in [2.24, 2.45) is 11.0 Å². The molecule has 5 aromatic rings. The second-order valence-corrected chi connectivity index (χ2v) is 13.8. The van der Waals surface area contributed by atoms with Gasteiger partial charge in [0.2, 0.25) is 5.82 Å². The number of carbonyl (C=O) groups excluding carboxylic acids is 1. The SMILES string of the molecule is O=C(CSc1nnc(-c2ccc(Br)o2)n1Cc1ccccc1)N1N=C2/C(=C\c3ccc(Cl)cc3)CCCC2C1c1ccc(Cl)cc1. The molecule has 0 radical (unpaired) electrons. The quantitative estimate of drug-likeness (QED) is 0.149. The van der Waals surface area contributed by atoms with Crippen LogP contribution in [0.2, 0.25) is 10.0 Å². The first kappa shape index (κ1) is 31.0. The van der Waals surface area contributed by atoms with Gasteiger partial charge in [-0.15, -0.1) is 10.2 Å². The minimum Gasteiger partial charge on any atom is -0.446 e. The average molecular weight is 734 g/mol. The molecule has 2 aliphatic rings. The molecule has 7 rings (SSSR count). The first-order valence-corrected chi connectivity index (χ1v) is 17.4. The summed E-state index contributed by atoms with van der Waals surface area (Å²) in [7, 11) is 0. The highest BCUT2D eigenvalue weighted by molar-refractivity contribution is 9.10. The zero-order chi connectivity index (χ0) is 31.6. The fourth-order valence-corrected chi connectivity index (χ4v) is 7.42. The van der Waals surface area contributed by atoms with E-state index >= 15 is 0 Å². The van der Waals surface area contributed by atoms with Crippen molar-refractivity contribution in [3.8, 4) is 11.6 Å². The van der Waals surface area contributed by atoms with E-state index in [4.69, 9.17) is 32.7 Å². The highest BCUT2D eigenvalue weighted by atomic mass is 79.9. The van der Waals surface area contributed by atoms with E-state index in [0.29, 0.717) is 38.0 Å². The van der Waals surface area contributed by atoms with Gasteiger partial charge in [0, 0.05) is 16.0 Å². The number of fused-ring (bicyclic) bond motifs is 1. The van der Waals surface area contributed by atoms with Crippen LogP contribution in [-0.4, -0.2) is 37.1 Å². The summed E-state index contributed by atoms with van der Waals surface area (Å²) in [5.41, 5.74) is 5.27. The third-order valence-electron chi connectivity index (χ3n) is 8.20. The first-order chi connectivity index (χ1) is 22.4. The van der Waals surface area contributed by atoms with E-state index in [2.05, 4.69) is 44.3 Å². The number of aromatic nitrogens is 3. The number of benzene rings is 3. The van der Waals surface area contributed by atoms with E-state index < -0.39 is 0 Å². The maximum Gasteiger partial charge on any atom is 0.253 e. The fourth-order valence-electron chi connectivity index (χ4n) is 6.07. The highest BCUT2D eigenvalue weighted by Crippen LogP contribution is 2.45. The summed E-state index contributed by atoms with van der Waals surface area (Å²) >= 11 is 17.1. The molecule has 7 nitrogen and oxygen atoms in total. The average Bonchev–Trinajstić information content (AvgIpc) is 3.79. The van der Waals surface area contributed by atoms with Gasteiger partial charge in [0.1, 0.15) is 0 Å². The lowest BCUT2D eigenvalue weighted by Gasteiger charge is -2.29. The van der Waals surface area contributed by atoms with E-state index in [9.17, 15) is 4.79 Å². The van der Waals surface area contributed by atoms with Crippen LogP contribution in [0.3, 0.4) is 0 Å². The Morgan fingerprint density at radius 1 is 0.957 bits per heavy atom. The number of thioether (sulfide) groups is 1. The van der Waals surface area contributed by atoms with E-state index in [1.807, 2.05) is 83.4 Å². The van der Waals surface area contributed by atoms with Crippen molar-refractivity contribution >= 4 is 68.6 Å². The van der Waals surface area contributed by atoms with Gasteiger partial charge in [0.25, 0.3) is 5.91 Å². The molecular formula is C35H28BrCl2N5O2S. The molecule has 2 unspecified atom stereocenters. The van der Waals surface area contributed by atoms with Crippen molar-refractivity contribution < 1.29 is 9.21 Å². The molecule has 2 atom stereocenters. The molecule has 3 aromatic carbocycles. The Balaban J connectivity index is 1.19. The normalized spacial score (nSPS) is 18.5. The molecule has 11 heteroatoms. The van der Waals surface area contributed by atoms with Gasteiger partial charge >= 0.3 is 0 Å². The van der Waals surface area contributed by atoms with Crippen LogP contribution < -0.4 is 0 Å². The monoisotopic (exact) mass is 731 g/mol. The van der Waals surface area contributed by atoms with E-state index in [1.165, 1.54) is 11.8 Å². The lowest BCUT2D eigenvalue weighted by Crippen LogP contribution is -2.32. The number of furan rings is 1. The van der Waals surface area contributed by atoms with Crippen LogP contribution in [0, 0.1) is 5.92 Å². The zero-order valence-corrected chi connectivity index (χ0v) is 28.4. The first-order valence-electron chi connectivity index (χ1n) is 14.9. The predicted molar refractivity (Wildman–Crippen MR) is 187 cm³/mol. The van der Waals surface area contributed by atoms with Gasteiger partial charge in [-0.25, -0.2) is 5.01 Å². The Hall–Kier alpha value is -3.63. The van der Waals surface area contributed by atoms with Gasteiger partial charge in [0.05, 0.1) is 24.1 Å². The Morgan fingerprint density at radius 2 is 1.70 bits per heavy atom. The standard InChI is InChI=1S/C35H28BrCl2N5O2S/c36-30-18-17-29(45-30)34-39-40-35(42(34)20-23-5-2-1-3-6-23)46-21-31(44)43-33(24-11-15-27(38)16-12-24)28-8-4-7-25(32(28)41-43)19-22-9-13-26(37)14-10-22/h1-3,5-6,9-19,28,33H,4,7-8,20-21H2/b25-19-. The van der Waals surface area contributed by atoms with Crippen LogP contribution in [-0.2, 0) is 11.3 Å². The maximum atomic E-state index is 14.1. The lowest BCUT2D eigenvalue weighted by molar-refractivity contribution is -0.130. The third kappa shape index (κ3) is 6.60. The number of hydrazone groups is 1. The van der Waals surface area contributed by atoms with Crippen molar-refractivity contribution in [2.45, 2.75) is 37.0 Å².